The Balaban J connectivity index is 1.72. The molecule has 4 rings (SSSR count). The van der Waals surface area contributed by atoms with Crippen LogP contribution in [0.15, 0.2) is 35.3 Å². The second-order valence-corrected chi connectivity index (χ2v) is 7.33. The summed E-state index contributed by atoms with van der Waals surface area (Å²) in [6, 6.07) is 7.32. The van der Waals surface area contributed by atoms with Gasteiger partial charge in [0.25, 0.3) is 5.56 Å². The van der Waals surface area contributed by atoms with Gasteiger partial charge in [0.1, 0.15) is 12.1 Å². The average Bonchev–Trinajstić information content (AvgIpc) is 3.29. The number of fused-ring (bicyclic) bond motifs is 1. The summed E-state index contributed by atoms with van der Waals surface area (Å²) in [5.41, 5.74) is 1.36. The molecule has 0 saturated heterocycles. The first-order chi connectivity index (χ1) is 13.0. The van der Waals surface area contributed by atoms with E-state index in [2.05, 4.69) is 15.5 Å². The maximum absolute atomic E-state index is 13.0. The second kappa shape index (κ2) is 7.15. The number of hydrogen-bond donors (Lipinski definition) is 1. The van der Waals surface area contributed by atoms with Crippen molar-refractivity contribution in [3.8, 4) is 5.69 Å². The third-order valence-corrected chi connectivity index (χ3v) is 5.17. The van der Waals surface area contributed by atoms with Gasteiger partial charge >= 0.3 is 0 Å². The number of hydrogen-bond acceptors (Lipinski definition) is 4. The molecule has 0 unspecified atom stereocenters. The van der Waals surface area contributed by atoms with Crippen molar-refractivity contribution in [2.24, 2.45) is 0 Å². The van der Waals surface area contributed by atoms with Gasteiger partial charge in [0.05, 0.1) is 17.6 Å². The van der Waals surface area contributed by atoms with Crippen LogP contribution in [0.4, 0.5) is 0 Å². The molecule has 27 heavy (non-hydrogen) atoms. The van der Waals surface area contributed by atoms with Crippen LogP contribution in [-0.2, 0) is 11.3 Å². The number of halogens is 1. The van der Waals surface area contributed by atoms with Crippen molar-refractivity contribution in [3.05, 3.63) is 51.5 Å². The summed E-state index contributed by atoms with van der Waals surface area (Å²) in [5.74, 6) is -0.191. The van der Waals surface area contributed by atoms with E-state index in [-0.39, 0.29) is 24.1 Å². The highest BCUT2D eigenvalue weighted by Gasteiger charge is 2.20. The van der Waals surface area contributed by atoms with E-state index in [1.54, 1.807) is 36.0 Å². The van der Waals surface area contributed by atoms with Crippen LogP contribution in [0.3, 0.4) is 0 Å². The molecule has 140 valence electrons. The van der Waals surface area contributed by atoms with Crippen molar-refractivity contribution in [2.75, 3.05) is 0 Å². The van der Waals surface area contributed by atoms with Crippen LogP contribution < -0.4 is 10.9 Å². The molecule has 0 spiro atoms. The number of nitrogens with one attached hydrogen (secondary N) is 1. The number of benzene rings is 1. The van der Waals surface area contributed by atoms with Crippen molar-refractivity contribution in [3.63, 3.8) is 0 Å². The minimum Gasteiger partial charge on any atom is -0.352 e. The van der Waals surface area contributed by atoms with E-state index in [1.165, 1.54) is 4.68 Å². The van der Waals surface area contributed by atoms with Crippen LogP contribution in [-0.4, -0.2) is 31.5 Å². The minimum absolute atomic E-state index is 0.104. The molecule has 1 saturated carbocycles. The number of nitrogens with zero attached hydrogens (tertiary/aromatic N) is 4. The first-order valence-electron chi connectivity index (χ1n) is 9.03. The van der Waals surface area contributed by atoms with Crippen molar-refractivity contribution in [2.45, 2.75) is 45.2 Å². The van der Waals surface area contributed by atoms with E-state index in [4.69, 9.17) is 11.6 Å². The van der Waals surface area contributed by atoms with E-state index in [0.29, 0.717) is 27.3 Å². The lowest BCUT2D eigenvalue weighted by molar-refractivity contribution is -0.122. The SMILES string of the molecule is Cc1nn(CC(=O)NC2CCCC2)c(=O)c2c1cnn2-c1cccc(Cl)c1. The third-order valence-electron chi connectivity index (χ3n) is 4.93. The number of aromatic nitrogens is 4. The Morgan fingerprint density at radius 3 is 2.85 bits per heavy atom. The summed E-state index contributed by atoms with van der Waals surface area (Å²) in [6.07, 6.45) is 5.87. The van der Waals surface area contributed by atoms with Crippen molar-refractivity contribution in [1.29, 1.82) is 0 Å². The Morgan fingerprint density at radius 2 is 2.11 bits per heavy atom. The number of carbonyl (C=O) groups is 1. The topological polar surface area (TPSA) is 81.8 Å². The standard InChI is InChI=1S/C19H20ClN5O2/c1-12-16-10-21-25(15-8-4-5-13(20)9-15)18(16)19(27)24(23-12)11-17(26)22-14-6-2-3-7-14/h4-5,8-10,14H,2-3,6-7,11H2,1H3,(H,22,26). The van der Waals surface area contributed by atoms with Crippen LogP contribution in [0.1, 0.15) is 31.4 Å². The molecule has 7 nitrogen and oxygen atoms in total. The molecule has 2 aromatic heterocycles. The lowest BCUT2D eigenvalue weighted by Crippen LogP contribution is -2.38. The van der Waals surface area contributed by atoms with E-state index >= 15 is 0 Å². The summed E-state index contributed by atoms with van der Waals surface area (Å²) < 4.78 is 2.76. The van der Waals surface area contributed by atoms with Gasteiger partial charge in [-0.2, -0.15) is 10.2 Å². The minimum atomic E-state index is -0.352. The molecule has 0 bridgehead atoms. The van der Waals surface area contributed by atoms with Gasteiger partial charge in [-0.1, -0.05) is 30.5 Å². The Kier molecular flexibility index (Phi) is 4.70. The van der Waals surface area contributed by atoms with Gasteiger partial charge in [-0.05, 0) is 38.0 Å². The van der Waals surface area contributed by atoms with Crippen molar-refractivity contribution < 1.29 is 4.79 Å². The molecule has 2 heterocycles. The van der Waals surface area contributed by atoms with Gasteiger partial charge in [0.15, 0.2) is 0 Å². The Labute approximate surface area is 160 Å². The molecular weight excluding hydrogens is 366 g/mol. The van der Waals surface area contributed by atoms with Crippen molar-refractivity contribution in [1.82, 2.24) is 24.9 Å². The Bertz CT molecular complexity index is 1070. The van der Waals surface area contributed by atoms with E-state index in [1.807, 2.05) is 6.07 Å². The predicted octanol–water partition coefficient (Wildman–Crippen LogP) is 2.60. The van der Waals surface area contributed by atoms with Gasteiger partial charge in [-0.25, -0.2) is 9.36 Å². The quantitative estimate of drug-likeness (QED) is 0.748. The maximum atomic E-state index is 13.0. The second-order valence-electron chi connectivity index (χ2n) is 6.90. The predicted molar refractivity (Wildman–Crippen MR) is 103 cm³/mol. The van der Waals surface area contributed by atoms with E-state index in [9.17, 15) is 9.59 Å². The number of rotatable bonds is 4. The van der Waals surface area contributed by atoms with E-state index in [0.717, 1.165) is 25.7 Å². The Hall–Kier alpha value is -2.67. The Morgan fingerprint density at radius 1 is 1.33 bits per heavy atom. The average molecular weight is 386 g/mol. The summed E-state index contributed by atoms with van der Waals surface area (Å²) in [5, 5.41) is 12.8. The van der Waals surface area contributed by atoms with Crippen LogP contribution in [0.5, 0.6) is 0 Å². The molecule has 1 aliphatic rings. The molecule has 1 aliphatic carbocycles. The van der Waals surface area contributed by atoms with Crippen LogP contribution in [0, 0.1) is 6.92 Å². The molecule has 3 aromatic rings. The molecule has 1 N–H and O–H groups in total. The van der Waals surface area contributed by atoms with Gasteiger partial charge < -0.3 is 5.32 Å². The van der Waals surface area contributed by atoms with Crippen LogP contribution >= 0.6 is 11.6 Å². The highest BCUT2D eigenvalue weighted by atomic mass is 35.5. The van der Waals surface area contributed by atoms with Crippen LogP contribution in [0.2, 0.25) is 5.02 Å². The molecule has 0 aliphatic heterocycles. The fraction of sp³-hybridized carbons (Fsp3) is 0.368. The molecular formula is C19H20ClN5O2. The van der Waals surface area contributed by atoms with Gasteiger partial charge in [0, 0.05) is 16.5 Å². The van der Waals surface area contributed by atoms with Gasteiger partial charge in [-0.15, -0.1) is 0 Å². The molecule has 1 aromatic carbocycles. The summed E-state index contributed by atoms with van der Waals surface area (Å²) >= 11 is 6.08. The third kappa shape index (κ3) is 3.47. The lowest BCUT2D eigenvalue weighted by atomic mass is 10.2. The van der Waals surface area contributed by atoms with Gasteiger partial charge in [-0.3, -0.25) is 9.59 Å². The lowest BCUT2D eigenvalue weighted by Gasteiger charge is -2.13. The van der Waals surface area contributed by atoms with Crippen LogP contribution in [0.25, 0.3) is 16.6 Å². The summed E-state index contributed by atoms with van der Waals surface area (Å²) in [4.78, 5) is 25.4. The first-order valence-corrected chi connectivity index (χ1v) is 9.41. The number of carbonyl (C=O) groups excluding carboxylic acids is 1. The zero-order chi connectivity index (χ0) is 19.0. The molecule has 8 heteroatoms. The summed E-state index contributed by atoms with van der Waals surface area (Å²) in [7, 11) is 0. The fourth-order valence-corrected chi connectivity index (χ4v) is 3.80. The van der Waals surface area contributed by atoms with E-state index < -0.39 is 0 Å². The molecule has 1 amide bonds. The fourth-order valence-electron chi connectivity index (χ4n) is 3.61. The van der Waals surface area contributed by atoms with Gasteiger partial charge in [0.2, 0.25) is 5.91 Å². The maximum Gasteiger partial charge on any atom is 0.293 e. The summed E-state index contributed by atoms with van der Waals surface area (Å²) in [6.45, 7) is 1.70. The largest absolute Gasteiger partial charge is 0.352 e. The highest BCUT2D eigenvalue weighted by molar-refractivity contribution is 6.30. The number of amides is 1. The molecule has 1 fully saturated rings. The molecule has 0 atom stereocenters. The molecule has 0 radical (unpaired) electrons. The highest BCUT2D eigenvalue weighted by Crippen LogP contribution is 2.20. The first kappa shape index (κ1) is 17.7. The normalized spacial score (nSPS) is 14.7. The number of aryl methyl sites for hydroxylation is 1. The zero-order valence-electron chi connectivity index (χ0n) is 15.0. The zero-order valence-corrected chi connectivity index (χ0v) is 15.7. The van der Waals surface area contributed by atoms with Crippen molar-refractivity contribution >= 4 is 28.4 Å². The smallest absolute Gasteiger partial charge is 0.293 e. The monoisotopic (exact) mass is 385 g/mol.